The van der Waals surface area contributed by atoms with Gasteiger partial charge in [-0.25, -0.2) is 0 Å². The highest BCUT2D eigenvalue weighted by Crippen LogP contribution is 2.32. The lowest BCUT2D eigenvalue weighted by atomic mass is 10.2. The van der Waals surface area contributed by atoms with Crippen molar-refractivity contribution >= 4 is 39.3 Å². The third kappa shape index (κ3) is 7.51. The summed E-state index contributed by atoms with van der Waals surface area (Å²) in [5.74, 6) is 1.87. The molecule has 1 N–H and O–H groups in total. The summed E-state index contributed by atoms with van der Waals surface area (Å²) in [7, 11) is 7.74. The zero-order valence-corrected chi connectivity index (χ0v) is 17.9. The molecule has 0 aliphatic rings. The van der Waals surface area contributed by atoms with Crippen LogP contribution in [-0.4, -0.2) is 49.5 Å². The maximum absolute atomic E-state index is 12.6. The molecule has 2 rings (SSSR count). The average Bonchev–Trinajstić information content (AvgIpc) is 2.67. The minimum atomic E-state index is -0.0774. The third-order valence-corrected chi connectivity index (χ3v) is 7.07. The summed E-state index contributed by atoms with van der Waals surface area (Å²) in [6.07, 6.45) is 0. The summed E-state index contributed by atoms with van der Waals surface area (Å²) in [5.41, 5.74) is 1.25. The number of hydrogen-bond donors (Lipinski definition) is 1. The van der Waals surface area contributed by atoms with E-state index in [1.807, 2.05) is 53.3 Å². The Labute approximate surface area is 173 Å². The SMILES string of the molecule is CN(C)CCSSCCNC(=O)c1ccccc1Sc1ccccc1C#N. The number of rotatable bonds is 10. The summed E-state index contributed by atoms with van der Waals surface area (Å²) < 4.78 is 0. The first kappa shape index (κ1) is 21.7. The lowest BCUT2D eigenvalue weighted by Gasteiger charge is -2.11. The molecule has 0 radical (unpaired) electrons. The van der Waals surface area contributed by atoms with Crippen molar-refractivity contribution in [3.05, 3.63) is 59.7 Å². The molecule has 0 unspecified atom stereocenters. The lowest BCUT2D eigenvalue weighted by Crippen LogP contribution is -2.26. The van der Waals surface area contributed by atoms with Crippen LogP contribution in [0.25, 0.3) is 0 Å². The van der Waals surface area contributed by atoms with Gasteiger partial charge >= 0.3 is 0 Å². The fourth-order valence-corrected chi connectivity index (χ4v) is 5.21. The number of carbonyl (C=O) groups excluding carboxylic acids is 1. The normalized spacial score (nSPS) is 10.6. The molecular weight excluding hydrogens is 394 g/mol. The van der Waals surface area contributed by atoms with Crippen molar-refractivity contribution in [1.82, 2.24) is 10.2 Å². The topological polar surface area (TPSA) is 56.1 Å². The van der Waals surface area contributed by atoms with Crippen LogP contribution in [0.2, 0.25) is 0 Å². The van der Waals surface area contributed by atoms with Crippen LogP contribution in [0.3, 0.4) is 0 Å². The highest BCUT2D eigenvalue weighted by Gasteiger charge is 2.13. The van der Waals surface area contributed by atoms with E-state index >= 15 is 0 Å². The second-order valence-corrected chi connectivity index (χ2v) is 9.70. The fourth-order valence-electron chi connectivity index (χ4n) is 2.15. The standard InChI is InChI=1S/C20H23N3OS3/c1-23(2)12-14-26-25-13-11-22-20(24)17-8-4-6-10-19(17)27-18-9-5-3-7-16(18)15-21/h3-10H,11-14H2,1-2H3,(H,22,24). The van der Waals surface area contributed by atoms with E-state index in [-0.39, 0.29) is 5.91 Å². The summed E-state index contributed by atoms with van der Waals surface area (Å²) in [5, 5.41) is 12.3. The van der Waals surface area contributed by atoms with Gasteiger partial charge in [-0.05, 0) is 38.4 Å². The lowest BCUT2D eigenvalue weighted by molar-refractivity contribution is 0.0953. The number of nitriles is 1. The van der Waals surface area contributed by atoms with Crippen LogP contribution in [0, 0.1) is 11.3 Å². The highest BCUT2D eigenvalue weighted by molar-refractivity contribution is 8.76. The van der Waals surface area contributed by atoms with E-state index in [0.717, 1.165) is 27.8 Å². The minimum Gasteiger partial charge on any atom is -0.351 e. The van der Waals surface area contributed by atoms with E-state index in [4.69, 9.17) is 0 Å². The third-order valence-electron chi connectivity index (χ3n) is 3.54. The Balaban J connectivity index is 1.89. The van der Waals surface area contributed by atoms with Gasteiger partial charge in [-0.2, -0.15) is 5.26 Å². The first-order valence-corrected chi connectivity index (χ1v) is 11.9. The number of carbonyl (C=O) groups is 1. The summed E-state index contributed by atoms with van der Waals surface area (Å²) in [6.45, 7) is 1.69. The number of nitrogens with zero attached hydrogens (tertiary/aromatic N) is 2. The minimum absolute atomic E-state index is 0.0774. The van der Waals surface area contributed by atoms with Crippen LogP contribution >= 0.6 is 33.3 Å². The van der Waals surface area contributed by atoms with E-state index in [2.05, 4.69) is 30.4 Å². The first-order chi connectivity index (χ1) is 13.1. The van der Waals surface area contributed by atoms with Gasteiger partial charge < -0.3 is 10.2 Å². The van der Waals surface area contributed by atoms with Crippen molar-refractivity contribution in [3.8, 4) is 6.07 Å². The summed E-state index contributed by atoms with van der Waals surface area (Å²) in [4.78, 5) is 16.4. The first-order valence-electron chi connectivity index (χ1n) is 8.55. The van der Waals surface area contributed by atoms with Crippen molar-refractivity contribution in [2.75, 3.05) is 38.7 Å². The van der Waals surface area contributed by atoms with Gasteiger partial charge in [-0.15, -0.1) is 0 Å². The Bertz CT molecular complexity index is 790. The molecule has 7 heteroatoms. The van der Waals surface area contributed by atoms with E-state index in [1.165, 1.54) is 11.8 Å². The Hall–Kier alpha value is -1.59. The van der Waals surface area contributed by atoms with Crippen LogP contribution in [0.5, 0.6) is 0 Å². The monoisotopic (exact) mass is 417 g/mol. The predicted octanol–water partition coefficient (Wildman–Crippen LogP) is 4.38. The van der Waals surface area contributed by atoms with Gasteiger partial charge in [-0.1, -0.05) is 57.6 Å². The molecule has 2 aromatic carbocycles. The van der Waals surface area contributed by atoms with Gasteiger partial charge in [0.15, 0.2) is 0 Å². The molecule has 27 heavy (non-hydrogen) atoms. The van der Waals surface area contributed by atoms with Gasteiger partial charge in [0, 0.05) is 34.4 Å². The van der Waals surface area contributed by atoms with Gasteiger partial charge in [0.1, 0.15) is 6.07 Å². The van der Waals surface area contributed by atoms with Crippen LogP contribution in [-0.2, 0) is 0 Å². The van der Waals surface area contributed by atoms with Crippen LogP contribution < -0.4 is 5.32 Å². The largest absolute Gasteiger partial charge is 0.351 e. The molecule has 0 heterocycles. The molecule has 142 valence electrons. The van der Waals surface area contributed by atoms with E-state index in [0.29, 0.717) is 17.7 Å². The summed E-state index contributed by atoms with van der Waals surface area (Å²) >= 11 is 1.45. The van der Waals surface area contributed by atoms with E-state index in [1.54, 1.807) is 16.9 Å². The van der Waals surface area contributed by atoms with Crippen molar-refractivity contribution < 1.29 is 4.79 Å². The van der Waals surface area contributed by atoms with Crippen LogP contribution in [0.15, 0.2) is 58.3 Å². The van der Waals surface area contributed by atoms with Crippen molar-refractivity contribution in [2.45, 2.75) is 9.79 Å². The Morgan fingerprint density at radius 3 is 2.44 bits per heavy atom. The molecule has 0 saturated heterocycles. The zero-order valence-electron chi connectivity index (χ0n) is 15.5. The number of nitrogens with one attached hydrogen (secondary N) is 1. The highest BCUT2D eigenvalue weighted by atomic mass is 33.1. The van der Waals surface area contributed by atoms with Crippen LogP contribution in [0.4, 0.5) is 0 Å². The molecule has 0 atom stereocenters. The van der Waals surface area contributed by atoms with E-state index in [9.17, 15) is 10.1 Å². The Kier molecular flexibility index (Phi) is 9.64. The molecular formula is C20H23N3OS3. The number of amides is 1. The fraction of sp³-hybridized carbons (Fsp3) is 0.300. The molecule has 0 bridgehead atoms. The number of benzene rings is 2. The zero-order chi connectivity index (χ0) is 19.5. The molecule has 2 aromatic rings. The predicted molar refractivity (Wildman–Crippen MR) is 118 cm³/mol. The molecule has 0 saturated carbocycles. The summed E-state index contributed by atoms with van der Waals surface area (Å²) in [6, 6.07) is 17.1. The molecule has 0 aliphatic carbocycles. The average molecular weight is 418 g/mol. The quantitative estimate of drug-likeness (QED) is 0.457. The van der Waals surface area contributed by atoms with Crippen molar-refractivity contribution in [3.63, 3.8) is 0 Å². The second kappa shape index (κ2) is 12.0. The maximum atomic E-state index is 12.6. The molecule has 1 amide bonds. The van der Waals surface area contributed by atoms with Gasteiger partial charge in [-0.3, -0.25) is 4.79 Å². The van der Waals surface area contributed by atoms with E-state index < -0.39 is 0 Å². The molecule has 0 aliphatic heterocycles. The smallest absolute Gasteiger partial charge is 0.252 e. The van der Waals surface area contributed by atoms with Gasteiger partial charge in [0.05, 0.1) is 11.1 Å². The van der Waals surface area contributed by atoms with Gasteiger partial charge in [0.2, 0.25) is 0 Å². The molecule has 0 aromatic heterocycles. The second-order valence-electron chi connectivity index (χ2n) is 5.91. The Morgan fingerprint density at radius 2 is 1.70 bits per heavy atom. The Morgan fingerprint density at radius 1 is 1.04 bits per heavy atom. The molecule has 0 fully saturated rings. The molecule has 4 nitrogen and oxygen atoms in total. The number of hydrogen-bond acceptors (Lipinski definition) is 6. The van der Waals surface area contributed by atoms with Crippen molar-refractivity contribution in [2.24, 2.45) is 0 Å². The van der Waals surface area contributed by atoms with Crippen LogP contribution in [0.1, 0.15) is 15.9 Å². The molecule has 0 spiro atoms. The maximum Gasteiger partial charge on any atom is 0.252 e. The van der Waals surface area contributed by atoms with Crippen molar-refractivity contribution in [1.29, 1.82) is 5.26 Å². The van der Waals surface area contributed by atoms with Gasteiger partial charge in [0.25, 0.3) is 5.91 Å².